The van der Waals surface area contributed by atoms with Crippen LogP contribution in [0.15, 0.2) is 91.0 Å². The Hall–Kier alpha value is -1.73. The zero-order chi connectivity index (χ0) is 20.3. The van der Waals surface area contributed by atoms with E-state index in [1.807, 2.05) is 18.2 Å². The van der Waals surface area contributed by atoms with Crippen LogP contribution in [0.3, 0.4) is 0 Å². The monoisotopic (exact) mass is 515 g/mol. The van der Waals surface area contributed by atoms with Gasteiger partial charge >= 0.3 is 0 Å². The second-order valence-electron chi connectivity index (χ2n) is 8.80. The van der Waals surface area contributed by atoms with Crippen LogP contribution in [0.2, 0.25) is 0 Å². The molecule has 4 rings (SSSR count). The molecular weight excluding hydrogens is 485 g/mol. The van der Waals surface area contributed by atoms with E-state index in [4.69, 9.17) is 9.47 Å². The van der Waals surface area contributed by atoms with Crippen molar-refractivity contribution in [1.29, 1.82) is 0 Å². The van der Waals surface area contributed by atoms with Crippen molar-refractivity contribution in [2.75, 3.05) is 34.3 Å². The molecule has 0 amide bonds. The minimum absolute atomic E-state index is 0. The molecule has 30 heavy (non-hydrogen) atoms. The number of nitrogens with zero attached hydrogens (tertiary/aromatic N) is 1. The first-order valence-electron chi connectivity index (χ1n) is 10.2. The Kier molecular flexibility index (Phi) is 7.34. The van der Waals surface area contributed by atoms with E-state index >= 15 is 0 Å². The third kappa shape index (κ3) is 4.78. The predicted octanol–water partition coefficient (Wildman–Crippen LogP) is 1.80. The van der Waals surface area contributed by atoms with Crippen LogP contribution in [0.1, 0.15) is 22.8 Å². The summed E-state index contributed by atoms with van der Waals surface area (Å²) in [4.78, 5) is 0. The fraction of sp³-hybridized carbons (Fsp3) is 0.308. The van der Waals surface area contributed by atoms with Gasteiger partial charge < -0.3 is 37.9 Å². The van der Waals surface area contributed by atoms with Gasteiger partial charge in [-0.1, -0.05) is 91.0 Å². The summed E-state index contributed by atoms with van der Waals surface area (Å²) in [6.07, 6.45) is -0.229. The highest BCUT2D eigenvalue weighted by atomic mass is 127. The summed E-state index contributed by atoms with van der Waals surface area (Å²) >= 11 is 0. The largest absolute Gasteiger partial charge is 1.00 e. The van der Waals surface area contributed by atoms with E-state index in [1.165, 1.54) is 0 Å². The van der Waals surface area contributed by atoms with Crippen LogP contribution < -0.4 is 24.0 Å². The first kappa shape index (κ1) is 22.9. The summed E-state index contributed by atoms with van der Waals surface area (Å²) < 4.78 is 14.5. The Labute approximate surface area is 197 Å². The topological polar surface area (TPSA) is 18.5 Å². The number of hydrogen-bond acceptors (Lipinski definition) is 2. The van der Waals surface area contributed by atoms with E-state index in [0.717, 1.165) is 27.7 Å². The zero-order valence-electron chi connectivity index (χ0n) is 17.9. The van der Waals surface area contributed by atoms with E-state index < -0.39 is 5.60 Å². The van der Waals surface area contributed by atoms with Gasteiger partial charge in [0, 0.05) is 0 Å². The van der Waals surface area contributed by atoms with Crippen molar-refractivity contribution in [2.45, 2.75) is 17.8 Å². The van der Waals surface area contributed by atoms with Crippen molar-refractivity contribution in [1.82, 2.24) is 0 Å². The fourth-order valence-electron chi connectivity index (χ4n) is 4.32. The van der Waals surface area contributed by atoms with Gasteiger partial charge in [0.05, 0.1) is 27.7 Å². The zero-order valence-corrected chi connectivity index (χ0v) is 20.0. The molecule has 0 bridgehead atoms. The molecule has 0 radical (unpaired) electrons. The Balaban J connectivity index is 0.00000256. The van der Waals surface area contributed by atoms with Crippen LogP contribution in [0.5, 0.6) is 0 Å². The minimum Gasteiger partial charge on any atom is -1.00 e. The summed E-state index contributed by atoms with van der Waals surface area (Å²) in [5, 5.41) is 0. The number of likely N-dealkylation sites (N-methyl/N-ethyl adjacent to an activating group) is 1. The highest BCUT2D eigenvalue weighted by Crippen LogP contribution is 2.49. The van der Waals surface area contributed by atoms with Gasteiger partial charge in [-0.2, -0.15) is 0 Å². The van der Waals surface area contributed by atoms with Crippen LogP contribution in [-0.2, 0) is 15.1 Å². The first-order valence-corrected chi connectivity index (χ1v) is 10.2. The summed E-state index contributed by atoms with van der Waals surface area (Å²) in [5.74, 6) is 0. The van der Waals surface area contributed by atoms with Crippen LogP contribution in [0.25, 0.3) is 0 Å². The molecule has 4 heteroatoms. The molecule has 1 fully saturated rings. The third-order valence-electron chi connectivity index (χ3n) is 5.43. The average Bonchev–Trinajstić information content (AvgIpc) is 2.74. The maximum atomic E-state index is 7.05. The molecule has 3 aromatic rings. The number of halogens is 1. The van der Waals surface area contributed by atoms with Crippen LogP contribution >= 0.6 is 0 Å². The van der Waals surface area contributed by atoms with E-state index in [2.05, 4.69) is 93.9 Å². The summed E-state index contributed by atoms with van der Waals surface area (Å²) in [6, 6.07) is 31.5. The number of rotatable bonds is 5. The Morgan fingerprint density at radius 2 is 1.23 bits per heavy atom. The van der Waals surface area contributed by atoms with Gasteiger partial charge in [0.2, 0.25) is 0 Å². The lowest BCUT2D eigenvalue weighted by Crippen LogP contribution is -3.00. The smallest absolute Gasteiger partial charge is 0.149 e. The summed E-state index contributed by atoms with van der Waals surface area (Å²) in [5.41, 5.74) is 2.66. The van der Waals surface area contributed by atoms with Gasteiger partial charge in [0.15, 0.2) is 0 Å². The molecule has 0 spiro atoms. The fourth-order valence-corrected chi connectivity index (χ4v) is 4.32. The van der Waals surface area contributed by atoms with Crippen molar-refractivity contribution >= 4 is 0 Å². The molecular formula is C26H30INO2. The molecule has 0 N–H and O–H groups in total. The molecule has 2 atom stereocenters. The molecule has 3 aromatic carbocycles. The van der Waals surface area contributed by atoms with Gasteiger partial charge in [0.25, 0.3) is 0 Å². The molecule has 1 heterocycles. The van der Waals surface area contributed by atoms with Crippen LogP contribution in [0.4, 0.5) is 0 Å². The molecule has 1 saturated heterocycles. The van der Waals surface area contributed by atoms with Gasteiger partial charge in [-0.25, -0.2) is 0 Å². The lowest BCUT2D eigenvalue weighted by Gasteiger charge is -2.48. The Morgan fingerprint density at radius 1 is 0.767 bits per heavy atom. The van der Waals surface area contributed by atoms with Gasteiger partial charge in [0.1, 0.15) is 24.4 Å². The second kappa shape index (κ2) is 9.60. The van der Waals surface area contributed by atoms with E-state index in [-0.39, 0.29) is 36.2 Å². The quantitative estimate of drug-likeness (QED) is 0.381. The second-order valence-corrected chi connectivity index (χ2v) is 8.80. The first-order chi connectivity index (χ1) is 14.0. The van der Waals surface area contributed by atoms with Gasteiger partial charge in [-0.3, -0.25) is 0 Å². The third-order valence-corrected chi connectivity index (χ3v) is 5.43. The Morgan fingerprint density at radius 3 is 1.70 bits per heavy atom. The number of benzene rings is 3. The number of hydrogen-bond donors (Lipinski definition) is 0. The molecule has 0 unspecified atom stereocenters. The van der Waals surface area contributed by atoms with Gasteiger partial charge in [-0.15, -0.1) is 0 Å². The molecule has 0 aromatic heterocycles. The van der Waals surface area contributed by atoms with Crippen molar-refractivity contribution in [2.24, 2.45) is 0 Å². The molecule has 3 nitrogen and oxygen atoms in total. The predicted molar refractivity (Wildman–Crippen MR) is 117 cm³/mol. The maximum Gasteiger partial charge on any atom is 0.149 e. The molecule has 1 aliphatic rings. The SMILES string of the molecule is C[N+](C)(C)C[C@@H]1CO[C@@H](c2ccccc2)C(c2ccccc2)(c2ccccc2)O1.[I-]. The van der Waals surface area contributed by atoms with Crippen LogP contribution in [0, 0.1) is 0 Å². The molecule has 0 aliphatic carbocycles. The summed E-state index contributed by atoms with van der Waals surface area (Å²) in [7, 11) is 6.58. The van der Waals surface area contributed by atoms with Crippen molar-refractivity contribution in [3.8, 4) is 0 Å². The van der Waals surface area contributed by atoms with E-state index in [1.54, 1.807) is 0 Å². The minimum atomic E-state index is -0.706. The number of quaternary nitrogens is 1. The lowest BCUT2D eigenvalue weighted by atomic mass is 9.77. The molecule has 0 saturated carbocycles. The normalized spacial score (nSPS) is 20.9. The molecule has 1 aliphatic heterocycles. The van der Waals surface area contributed by atoms with E-state index in [9.17, 15) is 0 Å². The summed E-state index contributed by atoms with van der Waals surface area (Å²) in [6.45, 7) is 1.46. The Bertz CT molecular complexity index is 871. The highest BCUT2D eigenvalue weighted by Gasteiger charge is 2.50. The maximum absolute atomic E-state index is 7.05. The van der Waals surface area contributed by atoms with Crippen molar-refractivity contribution < 1.29 is 37.9 Å². The average molecular weight is 515 g/mol. The van der Waals surface area contributed by atoms with Crippen molar-refractivity contribution in [3.05, 3.63) is 108 Å². The van der Waals surface area contributed by atoms with Crippen LogP contribution in [-0.4, -0.2) is 44.9 Å². The standard InChI is InChI=1S/C26H30NO2.HI/c1-27(2,3)19-24-20-28-25(21-13-7-4-8-14-21)26(29-24,22-15-9-5-10-16-22)23-17-11-6-12-18-23;/h4-18,24-25H,19-20H2,1-3H3;1H/q+1;/p-1/t24-,25+;/m1./s1. The number of ether oxygens (including phenoxy) is 2. The van der Waals surface area contributed by atoms with Gasteiger partial charge in [-0.05, 0) is 16.7 Å². The lowest BCUT2D eigenvalue weighted by molar-refractivity contribution is -0.874. The highest BCUT2D eigenvalue weighted by molar-refractivity contribution is 5.41. The molecule has 158 valence electrons. The van der Waals surface area contributed by atoms with Crippen molar-refractivity contribution in [3.63, 3.8) is 0 Å². The van der Waals surface area contributed by atoms with E-state index in [0.29, 0.717) is 6.61 Å².